The number of hydrogen-bond acceptors (Lipinski definition) is 10. The van der Waals surface area contributed by atoms with E-state index in [1.807, 2.05) is 30.7 Å². The fourth-order valence-electron chi connectivity index (χ4n) is 2.00. The second-order valence-corrected chi connectivity index (χ2v) is 8.02. The maximum Gasteiger partial charge on any atom is 0.277 e. The largest absolute Gasteiger partial charge is 0.416 e. The maximum atomic E-state index is 12.3. The summed E-state index contributed by atoms with van der Waals surface area (Å²) in [6.07, 6.45) is 0.463. The number of carbonyl (C=O) groups is 1. The Kier molecular flexibility index (Phi) is 5.57. The van der Waals surface area contributed by atoms with Crippen LogP contribution in [-0.4, -0.2) is 31.7 Å². The average molecular weight is 392 g/mol. The van der Waals surface area contributed by atoms with Crippen molar-refractivity contribution in [1.29, 1.82) is 5.26 Å². The SMILES string of the molecule is Cc1csc(C(C#N)C(=O)CSc2nnc(Cc3csc(C)n3)o2)n1. The molecule has 0 aliphatic heterocycles. The molecule has 128 valence electrons. The Balaban J connectivity index is 1.58. The van der Waals surface area contributed by atoms with E-state index in [1.54, 1.807) is 11.3 Å². The Morgan fingerprint density at radius 1 is 1.32 bits per heavy atom. The van der Waals surface area contributed by atoms with Gasteiger partial charge in [0, 0.05) is 16.5 Å². The van der Waals surface area contributed by atoms with Gasteiger partial charge in [-0.3, -0.25) is 4.79 Å². The molecule has 0 spiro atoms. The van der Waals surface area contributed by atoms with Gasteiger partial charge in [-0.25, -0.2) is 9.97 Å². The molecular weight excluding hydrogens is 378 g/mol. The summed E-state index contributed by atoms with van der Waals surface area (Å²) in [6.45, 7) is 3.77. The van der Waals surface area contributed by atoms with Gasteiger partial charge in [0.05, 0.1) is 28.9 Å². The van der Waals surface area contributed by atoms with E-state index in [-0.39, 0.29) is 11.5 Å². The summed E-state index contributed by atoms with van der Waals surface area (Å²) >= 11 is 4.01. The summed E-state index contributed by atoms with van der Waals surface area (Å²) < 4.78 is 5.53. The first-order valence-electron chi connectivity index (χ1n) is 7.25. The van der Waals surface area contributed by atoms with Crippen molar-refractivity contribution >= 4 is 40.2 Å². The molecule has 0 saturated heterocycles. The molecule has 0 fully saturated rings. The third kappa shape index (κ3) is 4.50. The lowest BCUT2D eigenvalue weighted by Gasteiger charge is -2.02. The first-order chi connectivity index (χ1) is 12.0. The van der Waals surface area contributed by atoms with Crippen molar-refractivity contribution in [2.45, 2.75) is 31.4 Å². The summed E-state index contributed by atoms with van der Waals surface area (Å²) in [7, 11) is 0. The van der Waals surface area contributed by atoms with E-state index in [9.17, 15) is 10.1 Å². The van der Waals surface area contributed by atoms with Crippen LogP contribution in [0.15, 0.2) is 20.4 Å². The fourth-order valence-corrected chi connectivity index (χ4v) is 4.16. The number of aryl methyl sites for hydroxylation is 2. The van der Waals surface area contributed by atoms with E-state index < -0.39 is 5.92 Å². The van der Waals surface area contributed by atoms with Gasteiger partial charge >= 0.3 is 0 Å². The third-order valence-electron chi connectivity index (χ3n) is 3.12. The fraction of sp³-hybridized carbons (Fsp3) is 0.333. The number of nitriles is 1. The third-order valence-corrected chi connectivity index (χ3v) is 5.81. The van der Waals surface area contributed by atoms with Gasteiger partial charge in [0.25, 0.3) is 5.22 Å². The van der Waals surface area contributed by atoms with Crippen molar-refractivity contribution < 1.29 is 9.21 Å². The number of aromatic nitrogens is 4. The summed E-state index contributed by atoms with van der Waals surface area (Å²) in [6, 6.07) is 2.02. The number of hydrogen-bond donors (Lipinski definition) is 0. The van der Waals surface area contributed by atoms with Gasteiger partial charge in [-0.1, -0.05) is 11.8 Å². The van der Waals surface area contributed by atoms with Crippen LogP contribution >= 0.6 is 34.4 Å². The van der Waals surface area contributed by atoms with E-state index in [2.05, 4.69) is 20.2 Å². The monoisotopic (exact) mass is 391 g/mol. The van der Waals surface area contributed by atoms with Gasteiger partial charge in [-0.05, 0) is 13.8 Å². The molecule has 0 saturated carbocycles. The lowest BCUT2D eigenvalue weighted by atomic mass is 10.1. The van der Waals surface area contributed by atoms with Crippen LogP contribution in [0.4, 0.5) is 0 Å². The highest BCUT2D eigenvalue weighted by Gasteiger charge is 2.24. The Labute approximate surface area is 156 Å². The number of thiazole rings is 2. The van der Waals surface area contributed by atoms with Crippen molar-refractivity contribution in [1.82, 2.24) is 20.2 Å². The molecule has 3 aromatic rings. The maximum absolute atomic E-state index is 12.3. The smallest absolute Gasteiger partial charge is 0.277 e. The van der Waals surface area contributed by atoms with Gasteiger partial charge in [0.15, 0.2) is 11.7 Å². The molecular formula is C15H13N5O2S3. The lowest BCUT2D eigenvalue weighted by molar-refractivity contribution is -0.116. The molecule has 10 heteroatoms. The van der Waals surface area contributed by atoms with E-state index in [4.69, 9.17) is 4.42 Å². The normalized spacial score (nSPS) is 12.0. The lowest BCUT2D eigenvalue weighted by Crippen LogP contribution is -2.13. The quantitative estimate of drug-likeness (QED) is 0.566. The van der Waals surface area contributed by atoms with Gasteiger partial charge in [-0.15, -0.1) is 32.9 Å². The van der Waals surface area contributed by atoms with Crippen molar-refractivity contribution in [2.75, 3.05) is 5.75 Å². The molecule has 0 aliphatic carbocycles. The number of carbonyl (C=O) groups excluding carboxylic acids is 1. The highest BCUT2D eigenvalue weighted by Crippen LogP contribution is 2.25. The zero-order valence-electron chi connectivity index (χ0n) is 13.4. The van der Waals surface area contributed by atoms with Crippen molar-refractivity contribution in [3.63, 3.8) is 0 Å². The van der Waals surface area contributed by atoms with Crippen molar-refractivity contribution in [3.05, 3.63) is 38.1 Å². The zero-order chi connectivity index (χ0) is 17.8. The molecule has 7 nitrogen and oxygen atoms in total. The predicted octanol–water partition coefficient (Wildman–Crippen LogP) is 3.16. The van der Waals surface area contributed by atoms with Crippen LogP contribution in [0.25, 0.3) is 0 Å². The molecule has 0 bridgehead atoms. The molecule has 1 atom stereocenters. The minimum atomic E-state index is -0.855. The number of rotatable bonds is 7. The highest BCUT2D eigenvalue weighted by molar-refractivity contribution is 7.99. The van der Waals surface area contributed by atoms with Gasteiger partial charge in [0.2, 0.25) is 5.89 Å². The van der Waals surface area contributed by atoms with Crippen molar-refractivity contribution in [2.24, 2.45) is 0 Å². The van der Waals surface area contributed by atoms with E-state index in [0.29, 0.717) is 22.5 Å². The van der Waals surface area contributed by atoms with E-state index >= 15 is 0 Å². The zero-order valence-corrected chi connectivity index (χ0v) is 15.9. The van der Waals surface area contributed by atoms with E-state index in [1.165, 1.54) is 11.3 Å². The molecule has 0 amide bonds. The Morgan fingerprint density at radius 2 is 2.16 bits per heavy atom. The number of thioether (sulfide) groups is 1. The Bertz CT molecular complexity index is 924. The average Bonchev–Trinajstić information content (AvgIpc) is 3.30. The summed E-state index contributed by atoms with van der Waals surface area (Å²) in [5.41, 5.74) is 1.68. The first kappa shape index (κ1) is 17.7. The van der Waals surface area contributed by atoms with Crippen LogP contribution in [0.1, 0.15) is 33.2 Å². The number of nitrogens with zero attached hydrogens (tertiary/aromatic N) is 5. The van der Waals surface area contributed by atoms with Gasteiger partial charge in [0.1, 0.15) is 5.01 Å². The second-order valence-electron chi connectivity index (χ2n) is 5.14. The number of ketones is 1. The van der Waals surface area contributed by atoms with Gasteiger partial charge in [-0.2, -0.15) is 5.26 Å². The van der Waals surface area contributed by atoms with Gasteiger partial charge < -0.3 is 4.42 Å². The first-order valence-corrected chi connectivity index (χ1v) is 10.00. The minimum Gasteiger partial charge on any atom is -0.416 e. The second kappa shape index (κ2) is 7.86. The Morgan fingerprint density at radius 3 is 2.80 bits per heavy atom. The van der Waals surface area contributed by atoms with Crippen LogP contribution in [0.3, 0.4) is 0 Å². The minimum absolute atomic E-state index is 0.0777. The predicted molar refractivity (Wildman–Crippen MR) is 94.9 cm³/mol. The topological polar surface area (TPSA) is 106 Å². The van der Waals surface area contributed by atoms with Crippen LogP contribution < -0.4 is 0 Å². The molecule has 3 rings (SSSR count). The molecule has 0 aromatic carbocycles. The molecule has 25 heavy (non-hydrogen) atoms. The van der Waals surface area contributed by atoms with Crippen LogP contribution in [0.5, 0.6) is 0 Å². The summed E-state index contributed by atoms with van der Waals surface area (Å²) in [5.74, 6) is -0.551. The summed E-state index contributed by atoms with van der Waals surface area (Å²) in [5, 5.41) is 22.7. The molecule has 0 N–H and O–H groups in total. The van der Waals surface area contributed by atoms with Crippen LogP contribution in [0, 0.1) is 25.2 Å². The molecule has 0 aliphatic rings. The van der Waals surface area contributed by atoms with Crippen molar-refractivity contribution in [3.8, 4) is 6.07 Å². The standard InChI is InChI=1S/C15H13N5O2S3/c1-8-5-24-14(17-8)11(4-16)12(21)7-25-15-20-19-13(22-15)3-10-6-23-9(2)18-10/h5-6,11H,3,7H2,1-2H3. The molecule has 3 heterocycles. The number of Topliss-reactive ketones (excluding diaryl/α,β-unsaturated/α-hetero) is 1. The summed E-state index contributed by atoms with van der Waals surface area (Å²) in [4.78, 5) is 20.8. The van der Waals surface area contributed by atoms with Crippen LogP contribution in [-0.2, 0) is 11.2 Å². The molecule has 0 radical (unpaired) electrons. The highest BCUT2D eigenvalue weighted by atomic mass is 32.2. The molecule has 3 aromatic heterocycles. The van der Waals surface area contributed by atoms with Crippen LogP contribution in [0.2, 0.25) is 0 Å². The molecule has 1 unspecified atom stereocenters. The Hall–Kier alpha value is -2.09. The van der Waals surface area contributed by atoms with E-state index in [0.717, 1.165) is 28.2 Å².